The number of esters is 1. The molecule has 0 spiro atoms. The number of rotatable bonds is 7. The number of hydrogen-bond donors (Lipinski definition) is 0. The van der Waals surface area contributed by atoms with E-state index in [1.165, 1.54) is 0 Å². The molecule has 1 aliphatic rings. The number of carbonyl (C=O) groups excluding carboxylic acids is 3. The van der Waals surface area contributed by atoms with E-state index in [2.05, 4.69) is 13.8 Å². The molecular weight excluding hydrogens is 382 g/mol. The SMILES string of the molecule is CC1CCCC(C)N1C(=O)COc1ccc(C(=O)OCC(=O)c2ccccc2)cc1. The number of ether oxygens (including phenoxy) is 2. The fourth-order valence-corrected chi connectivity index (χ4v) is 3.74. The smallest absolute Gasteiger partial charge is 0.338 e. The van der Waals surface area contributed by atoms with E-state index >= 15 is 0 Å². The zero-order valence-corrected chi connectivity index (χ0v) is 17.4. The molecular formula is C24H27NO5. The maximum absolute atomic E-state index is 12.5. The number of carbonyl (C=O) groups is 3. The molecule has 0 aliphatic carbocycles. The number of likely N-dealkylation sites (tertiary alicyclic amines) is 1. The van der Waals surface area contributed by atoms with Crippen molar-refractivity contribution in [2.24, 2.45) is 0 Å². The minimum absolute atomic E-state index is 0.0300. The summed E-state index contributed by atoms with van der Waals surface area (Å²) in [6.45, 7) is 3.78. The normalized spacial score (nSPS) is 18.5. The molecule has 0 saturated carbocycles. The summed E-state index contributed by atoms with van der Waals surface area (Å²) in [5.74, 6) is -0.378. The Balaban J connectivity index is 1.49. The maximum atomic E-state index is 12.5. The molecule has 1 saturated heterocycles. The Morgan fingerprint density at radius 2 is 1.50 bits per heavy atom. The van der Waals surface area contributed by atoms with Gasteiger partial charge in [0.15, 0.2) is 19.0 Å². The van der Waals surface area contributed by atoms with Crippen molar-refractivity contribution in [2.45, 2.75) is 45.2 Å². The number of hydrogen-bond acceptors (Lipinski definition) is 5. The first-order valence-corrected chi connectivity index (χ1v) is 10.2. The van der Waals surface area contributed by atoms with Gasteiger partial charge in [-0.15, -0.1) is 0 Å². The van der Waals surface area contributed by atoms with Gasteiger partial charge in [0.2, 0.25) is 0 Å². The molecule has 0 aromatic heterocycles. The summed E-state index contributed by atoms with van der Waals surface area (Å²) in [4.78, 5) is 38.6. The van der Waals surface area contributed by atoms with E-state index in [0.717, 1.165) is 19.3 Å². The Kier molecular flexibility index (Phi) is 7.22. The Morgan fingerprint density at radius 3 is 2.13 bits per heavy atom. The number of benzene rings is 2. The predicted octanol–water partition coefficient (Wildman–Crippen LogP) is 3.89. The van der Waals surface area contributed by atoms with Gasteiger partial charge in [-0.1, -0.05) is 30.3 Å². The van der Waals surface area contributed by atoms with Gasteiger partial charge in [-0.05, 0) is 57.4 Å². The Morgan fingerprint density at radius 1 is 0.867 bits per heavy atom. The van der Waals surface area contributed by atoms with Crippen molar-refractivity contribution in [1.82, 2.24) is 4.90 Å². The largest absolute Gasteiger partial charge is 0.484 e. The summed E-state index contributed by atoms with van der Waals surface area (Å²) < 4.78 is 10.7. The maximum Gasteiger partial charge on any atom is 0.338 e. The number of piperidine rings is 1. The van der Waals surface area contributed by atoms with Crippen molar-refractivity contribution in [3.63, 3.8) is 0 Å². The molecule has 3 rings (SSSR count). The molecule has 158 valence electrons. The summed E-state index contributed by atoms with van der Waals surface area (Å²) in [5, 5.41) is 0. The molecule has 2 aromatic rings. The quantitative estimate of drug-likeness (QED) is 0.512. The highest BCUT2D eigenvalue weighted by molar-refractivity contribution is 5.99. The first kappa shape index (κ1) is 21.6. The highest BCUT2D eigenvalue weighted by atomic mass is 16.5. The molecule has 0 N–H and O–H groups in total. The molecule has 2 aromatic carbocycles. The molecule has 0 bridgehead atoms. The zero-order chi connectivity index (χ0) is 21.5. The Labute approximate surface area is 176 Å². The summed E-state index contributed by atoms with van der Waals surface area (Å²) in [7, 11) is 0. The van der Waals surface area contributed by atoms with Gasteiger partial charge in [-0.2, -0.15) is 0 Å². The average molecular weight is 409 g/mol. The van der Waals surface area contributed by atoms with Crippen LogP contribution < -0.4 is 4.74 Å². The summed E-state index contributed by atoms with van der Waals surface area (Å²) >= 11 is 0. The Bertz CT molecular complexity index is 868. The number of amides is 1. The second kappa shape index (κ2) is 10.1. The van der Waals surface area contributed by atoms with Crippen LogP contribution in [0, 0.1) is 0 Å². The fraction of sp³-hybridized carbons (Fsp3) is 0.375. The second-order valence-corrected chi connectivity index (χ2v) is 7.61. The van der Waals surface area contributed by atoms with Crippen LogP contribution in [0.4, 0.5) is 0 Å². The molecule has 1 amide bonds. The van der Waals surface area contributed by atoms with E-state index in [-0.39, 0.29) is 37.0 Å². The zero-order valence-electron chi connectivity index (χ0n) is 17.4. The van der Waals surface area contributed by atoms with Crippen LogP contribution in [-0.2, 0) is 9.53 Å². The van der Waals surface area contributed by atoms with Gasteiger partial charge in [-0.3, -0.25) is 9.59 Å². The molecule has 1 aliphatic heterocycles. The standard InChI is InChI=1S/C24H27NO5/c1-17-7-6-8-18(2)25(17)23(27)16-29-21-13-11-20(12-14-21)24(28)30-15-22(26)19-9-4-3-5-10-19/h3-5,9-14,17-18H,6-8,15-16H2,1-2H3. The van der Waals surface area contributed by atoms with Crippen LogP contribution in [-0.4, -0.2) is 47.9 Å². The van der Waals surface area contributed by atoms with E-state index in [9.17, 15) is 14.4 Å². The average Bonchev–Trinajstić information content (AvgIpc) is 2.76. The van der Waals surface area contributed by atoms with E-state index in [1.807, 2.05) is 11.0 Å². The van der Waals surface area contributed by atoms with E-state index < -0.39 is 5.97 Å². The van der Waals surface area contributed by atoms with Crippen molar-refractivity contribution in [1.29, 1.82) is 0 Å². The molecule has 2 unspecified atom stereocenters. The summed E-state index contributed by atoms with van der Waals surface area (Å²) in [5.41, 5.74) is 0.809. The molecule has 1 fully saturated rings. The highest BCUT2D eigenvalue weighted by Crippen LogP contribution is 2.23. The molecule has 2 atom stereocenters. The first-order chi connectivity index (χ1) is 14.5. The van der Waals surface area contributed by atoms with Crippen LogP contribution in [0.15, 0.2) is 54.6 Å². The van der Waals surface area contributed by atoms with Gasteiger partial charge in [-0.25, -0.2) is 4.79 Å². The second-order valence-electron chi connectivity index (χ2n) is 7.61. The monoisotopic (exact) mass is 409 g/mol. The first-order valence-electron chi connectivity index (χ1n) is 10.2. The van der Waals surface area contributed by atoms with Crippen molar-refractivity contribution < 1.29 is 23.9 Å². The van der Waals surface area contributed by atoms with Crippen molar-refractivity contribution in [3.05, 3.63) is 65.7 Å². The third-order valence-electron chi connectivity index (χ3n) is 5.36. The van der Waals surface area contributed by atoms with Crippen LogP contribution >= 0.6 is 0 Å². The van der Waals surface area contributed by atoms with Crippen molar-refractivity contribution in [2.75, 3.05) is 13.2 Å². The number of nitrogens with zero attached hydrogens (tertiary/aromatic N) is 1. The number of Topliss-reactive ketones (excluding diaryl/α,β-unsaturated/α-hetero) is 1. The lowest BCUT2D eigenvalue weighted by Crippen LogP contribution is -2.49. The van der Waals surface area contributed by atoms with Gasteiger partial charge in [0.1, 0.15) is 5.75 Å². The molecule has 6 nitrogen and oxygen atoms in total. The minimum Gasteiger partial charge on any atom is -0.484 e. The molecule has 30 heavy (non-hydrogen) atoms. The highest BCUT2D eigenvalue weighted by Gasteiger charge is 2.29. The van der Waals surface area contributed by atoms with Gasteiger partial charge < -0.3 is 14.4 Å². The lowest BCUT2D eigenvalue weighted by atomic mass is 9.97. The van der Waals surface area contributed by atoms with Crippen molar-refractivity contribution in [3.8, 4) is 5.75 Å². The van der Waals surface area contributed by atoms with Gasteiger partial charge in [0, 0.05) is 17.6 Å². The minimum atomic E-state index is -0.585. The van der Waals surface area contributed by atoms with Crippen LogP contribution in [0.1, 0.15) is 53.8 Å². The van der Waals surface area contributed by atoms with E-state index in [1.54, 1.807) is 48.5 Å². The lowest BCUT2D eigenvalue weighted by Gasteiger charge is -2.38. The van der Waals surface area contributed by atoms with Gasteiger partial charge >= 0.3 is 5.97 Å². The third kappa shape index (κ3) is 5.47. The van der Waals surface area contributed by atoms with Crippen LogP contribution in [0.3, 0.4) is 0 Å². The van der Waals surface area contributed by atoms with Crippen molar-refractivity contribution >= 4 is 17.7 Å². The Hall–Kier alpha value is -3.15. The van der Waals surface area contributed by atoms with Gasteiger partial charge in [0.05, 0.1) is 5.56 Å². The van der Waals surface area contributed by atoms with Crippen LogP contribution in [0.25, 0.3) is 0 Å². The molecule has 0 radical (unpaired) electrons. The lowest BCUT2D eigenvalue weighted by molar-refractivity contribution is -0.139. The topological polar surface area (TPSA) is 72.9 Å². The van der Waals surface area contributed by atoms with Gasteiger partial charge in [0.25, 0.3) is 5.91 Å². The van der Waals surface area contributed by atoms with Crippen LogP contribution in [0.5, 0.6) is 5.75 Å². The fourth-order valence-electron chi connectivity index (χ4n) is 3.74. The third-order valence-corrected chi connectivity index (χ3v) is 5.36. The predicted molar refractivity (Wildman–Crippen MR) is 113 cm³/mol. The van der Waals surface area contributed by atoms with Crippen LogP contribution in [0.2, 0.25) is 0 Å². The molecule has 1 heterocycles. The summed E-state index contributed by atoms with van der Waals surface area (Å²) in [6.07, 6.45) is 3.17. The number of ketones is 1. The summed E-state index contributed by atoms with van der Waals surface area (Å²) in [6, 6.07) is 15.5. The van der Waals surface area contributed by atoms with E-state index in [4.69, 9.17) is 9.47 Å². The molecule has 6 heteroatoms. The van der Waals surface area contributed by atoms with E-state index in [0.29, 0.717) is 16.9 Å².